The number of hydrogen-bond acceptors (Lipinski definition) is 4. The summed E-state index contributed by atoms with van der Waals surface area (Å²) in [6.07, 6.45) is 0.655. The van der Waals surface area contributed by atoms with E-state index in [2.05, 4.69) is 10.2 Å². The highest BCUT2D eigenvalue weighted by Crippen LogP contribution is 2.22. The Morgan fingerprint density at radius 1 is 1.37 bits per heavy atom. The largest absolute Gasteiger partial charge is 0.330 e. The van der Waals surface area contributed by atoms with E-state index in [9.17, 15) is 8.42 Å². The first-order valence-corrected chi connectivity index (χ1v) is 7.96. The summed E-state index contributed by atoms with van der Waals surface area (Å²) in [7, 11) is -3.50. The molecule has 110 valence electrons. The van der Waals surface area contributed by atoms with E-state index in [-0.39, 0.29) is 5.92 Å². The van der Waals surface area contributed by atoms with Gasteiger partial charge in [0.2, 0.25) is 10.0 Å². The summed E-state index contributed by atoms with van der Waals surface area (Å²) >= 11 is 0. The van der Waals surface area contributed by atoms with E-state index in [0.717, 1.165) is 0 Å². The van der Waals surface area contributed by atoms with Crippen molar-refractivity contribution in [3.8, 4) is 0 Å². The van der Waals surface area contributed by atoms with Crippen LogP contribution in [0, 0.1) is 19.8 Å². The van der Waals surface area contributed by atoms with Crippen LogP contribution >= 0.6 is 0 Å². The van der Waals surface area contributed by atoms with Crippen LogP contribution in [0.2, 0.25) is 0 Å². The molecule has 0 radical (unpaired) electrons. The molecule has 1 rings (SSSR count). The van der Waals surface area contributed by atoms with E-state index in [4.69, 9.17) is 5.73 Å². The molecule has 3 N–H and O–H groups in total. The van der Waals surface area contributed by atoms with Gasteiger partial charge in [0.1, 0.15) is 4.90 Å². The number of aromatic nitrogens is 2. The van der Waals surface area contributed by atoms with Crippen LogP contribution in [0.3, 0.4) is 0 Å². The summed E-state index contributed by atoms with van der Waals surface area (Å²) in [5, 5.41) is 6.70. The third-order valence-corrected chi connectivity index (χ3v) is 4.97. The van der Waals surface area contributed by atoms with Gasteiger partial charge in [0.05, 0.1) is 11.4 Å². The smallest absolute Gasteiger partial charge is 0.246 e. The van der Waals surface area contributed by atoms with Crippen molar-refractivity contribution < 1.29 is 8.42 Å². The third-order valence-electron chi connectivity index (χ3n) is 2.84. The Balaban J connectivity index is 3.12. The highest BCUT2D eigenvalue weighted by atomic mass is 32.2. The second-order valence-electron chi connectivity index (χ2n) is 5.16. The predicted octanol–water partition coefficient (Wildman–Crippen LogP) is 1.02. The molecule has 1 aromatic rings. The molecule has 1 heterocycles. The predicted molar refractivity (Wildman–Crippen MR) is 75.3 cm³/mol. The van der Waals surface area contributed by atoms with Gasteiger partial charge in [-0.1, -0.05) is 13.8 Å². The zero-order chi connectivity index (χ0) is 14.6. The van der Waals surface area contributed by atoms with E-state index < -0.39 is 10.0 Å². The Hall–Kier alpha value is -0.920. The standard InChI is InChI=1S/C12H24N4O2S/c1-9(2)8-16(7-5-6-13)19(17,18)12-10(3)14-15-11(12)4/h9H,5-8,13H2,1-4H3,(H,14,15). The van der Waals surface area contributed by atoms with Crippen LogP contribution in [0.1, 0.15) is 31.7 Å². The summed E-state index contributed by atoms with van der Waals surface area (Å²) in [5.74, 6) is 0.264. The highest BCUT2D eigenvalue weighted by Gasteiger charge is 2.29. The molecule has 0 saturated carbocycles. The molecule has 0 bridgehead atoms. The molecule has 0 aliphatic carbocycles. The van der Waals surface area contributed by atoms with Crippen molar-refractivity contribution in [2.24, 2.45) is 11.7 Å². The van der Waals surface area contributed by atoms with Gasteiger partial charge in [-0.2, -0.15) is 9.40 Å². The maximum Gasteiger partial charge on any atom is 0.246 e. The number of rotatable bonds is 7. The molecule has 0 unspecified atom stereocenters. The summed E-state index contributed by atoms with van der Waals surface area (Å²) < 4.78 is 26.9. The van der Waals surface area contributed by atoms with Gasteiger partial charge < -0.3 is 5.73 Å². The fourth-order valence-corrected chi connectivity index (χ4v) is 4.01. The maximum absolute atomic E-state index is 12.7. The van der Waals surface area contributed by atoms with Crippen molar-refractivity contribution in [2.45, 2.75) is 39.0 Å². The molecule has 0 aromatic carbocycles. The van der Waals surface area contributed by atoms with Crippen LogP contribution in [0.5, 0.6) is 0 Å². The molecular formula is C12H24N4O2S. The maximum atomic E-state index is 12.7. The van der Waals surface area contributed by atoms with Crippen molar-refractivity contribution in [1.29, 1.82) is 0 Å². The Morgan fingerprint density at radius 3 is 2.42 bits per heavy atom. The van der Waals surface area contributed by atoms with E-state index in [0.29, 0.717) is 42.3 Å². The molecule has 0 saturated heterocycles. The van der Waals surface area contributed by atoms with Crippen LogP contribution in [0.4, 0.5) is 0 Å². The Morgan fingerprint density at radius 2 is 2.00 bits per heavy atom. The average Bonchev–Trinajstić information content (AvgIpc) is 2.64. The normalized spacial score (nSPS) is 12.6. The minimum atomic E-state index is -3.50. The lowest BCUT2D eigenvalue weighted by molar-refractivity contribution is 0.364. The minimum Gasteiger partial charge on any atom is -0.330 e. The molecule has 6 nitrogen and oxygen atoms in total. The van der Waals surface area contributed by atoms with Crippen LogP contribution < -0.4 is 5.73 Å². The van der Waals surface area contributed by atoms with Crippen LogP contribution in [-0.2, 0) is 10.0 Å². The number of hydrogen-bond donors (Lipinski definition) is 2. The number of aryl methyl sites for hydroxylation is 2. The van der Waals surface area contributed by atoms with Crippen molar-refractivity contribution in [1.82, 2.24) is 14.5 Å². The van der Waals surface area contributed by atoms with Crippen LogP contribution in [0.25, 0.3) is 0 Å². The van der Waals surface area contributed by atoms with Gasteiger partial charge in [0, 0.05) is 13.1 Å². The number of nitrogens with one attached hydrogen (secondary N) is 1. The molecule has 1 aromatic heterocycles. The summed E-state index contributed by atoms with van der Waals surface area (Å²) in [4.78, 5) is 0.296. The number of nitrogens with two attached hydrogens (primary N) is 1. The molecule has 7 heteroatoms. The third kappa shape index (κ3) is 3.77. The van der Waals surface area contributed by atoms with E-state index in [1.54, 1.807) is 13.8 Å². The highest BCUT2D eigenvalue weighted by molar-refractivity contribution is 7.89. The zero-order valence-corrected chi connectivity index (χ0v) is 12.9. The first-order valence-electron chi connectivity index (χ1n) is 6.52. The first-order chi connectivity index (χ1) is 8.80. The van der Waals surface area contributed by atoms with E-state index in [1.165, 1.54) is 4.31 Å². The molecule has 0 amide bonds. The second kappa shape index (κ2) is 6.49. The van der Waals surface area contributed by atoms with E-state index in [1.807, 2.05) is 13.8 Å². The summed E-state index contributed by atoms with van der Waals surface area (Å²) in [5.41, 5.74) is 6.58. The molecule has 0 aliphatic heterocycles. The first kappa shape index (κ1) is 16.1. The van der Waals surface area contributed by atoms with Gasteiger partial charge in [-0.25, -0.2) is 8.42 Å². The molecule has 0 fully saturated rings. The zero-order valence-electron chi connectivity index (χ0n) is 12.1. The molecular weight excluding hydrogens is 264 g/mol. The topological polar surface area (TPSA) is 92.1 Å². The van der Waals surface area contributed by atoms with Crippen molar-refractivity contribution in [2.75, 3.05) is 19.6 Å². The monoisotopic (exact) mass is 288 g/mol. The van der Waals surface area contributed by atoms with Crippen LogP contribution in [0.15, 0.2) is 4.90 Å². The Labute approximate surface area is 115 Å². The summed E-state index contributed by atoms with van der Waals surface area (Å²) in [6, 6.07) is 0. The molecule has 19 heavy (non-hydrogen) atoms. The molecule has 0 aliphatic rings. The van der Waals surface area contributed by atoms with E-state index >= 15 is 0 Å². The Bertz CT molecular complexity index is 488. The number of aromatic amines is 1. The van der Waals surface area contributed by atoms with Gasteiger partial charge in [0.15, 0.2) is 0 Å². The lowest BCUT2D eigenvalue weighted by Gasteiger charge is -2.23. The SMILES string of the molecule is Cc1n[nH]c(C)c1S(=O)(=O)N(CCCN)CC(C)C. The van der Waals surface area contributed by atoms with Gasteiger partial charge in [-0.15, -0.1) is 0 Å². The van der Waals surface area contributed by atoms with Crippen molar-refractivity contribution in [3.05, 3.63) is 11.4 Å². The fourth-order valence-electron chi connectivity index (χ4n) is 2.03. The quantitative estimate of drug-likeness (QED) is 0.783. The fraction of sp³-hybridized carbons (Fsp3) is 0.750. The Kier molecular flexibility index (Phi) is 5.51. The van der Waals surface area contributed by atoms with Gasteiger partial charge in [0.25, 0.3) is 0 Å². The minimum absolute atomic E-state index is 0.264. The molecule has 0 spiro atoms. The number of sulfonamides is 1. The molecule has 0 atom stereocenters. The van der Waals surface area contributed by atoms with Crippen molar-refractivity contribution in [3.63, 3.8) is 0 Å². The number of H-pyrrole nitrogens is 1. The van der Waals surface area contributed by atoms with Gasteiger partial charge in [-0.05, 0) is 32.7 Å². The summed E-state index contributed by atoms with van der Waals surface area (Å²) in [6.45, 7) is 8.84. The van der Waals surface area contributed by atoms with Gasteiger partial charge in [-0.3, -0.25) is 5.10 Å². The average molecular weight is 288 g/mol. The lowest BCUT2D eigenvalue weighted by Crippen LogP contribution is -2.36. The van der Waals surface area contributed by atoms with Crippen LogP contribution in [-0.4, -0.2) is 42.6 Å². The van der Waals surface area contributed by atoms with Crippen molar-refractivity contribution >= 4 is 10.0 Å². The number of nitrogens with zero attached hydrogens (tertiary/aromatic N) is 2. The van der Waals surface area contributed by atoms with Gasteiger partial charge >= 0.3 is 0 Å². The second-order valence-corrected chi connectivity index (χ2v) is 7.04. The lowest BCUT2D eigenvalue weighted by atomic mass is 10.2.